The van der Waals surface area contributed by atoms with Crippen molar-refractivity contribution in [3.05, 3.63) is 42.0 Å². The molecule has 0 saturated heterocycles. The minimum Gasteiger partial charge on any atom is -0.494 e. The third-order valence-electron chi connectivity index (χ3n) is 3.37. The highest BCUT2D eigenvalue weighted by molar-refractivity contribution is 5.77. The van der Waals surface area contributed by atoms with Gasteiger partial charge < -0.3 is 23.7 Å². The highest BCUT2D eigenvalue weighted by atomic mass is 16.7. The van der Waals surface area contributed by atoms with Crippen molar-refractivity contribution in [2.75, 3.05) is 34.4 Å². The molecule has 2 rings (SSSR count). The molecule has 0 N–H and O–H groups in total. The lowest BCUT2D eigenvalue weighted by atomic mass is 10.0. The van der Waals surface area contributed by atoms with Gasteiger partial charge >= 0.3 is 0 Å². The number of benzene rings is 2. The van der Waals surface area contributed by atoms with Crippen LogP contribution in [0, 0.1) is 12.3 Å². The number of ether oxygens (including phenoxy) is 5. The average molecular weight is 342 g/mol. The molecule has 0 heterocycles. The summed E-state index contributed by atoms with van der Waals surface area (Å²) in [7, 11) is 3.13. The van der Waals surface area contributed by atoms with E-state index in [-0.39, 0.29) is 13.6 Å². The van der Waals surface area contributed by atoms with E-state index in [1.54, 1.807) is 20.3 Å². The smallest absolute Gasteiger partial charge is 0.188 e. The summed E-state index contributed by atoms with van der Waals surface area (Å²) in [4.78, 5) is 0. The number of methoxy groups -OCH3 is 2. The Morgan fingerprint density at radius 3 is 2.00 bits per heavy atom. The predicted octanol–water partition coefficient (Wildman–Crippen LogP) is 3.70. The fraction of sp³-hybridized carbons (Fsp3) is 0.300. The molecule has 2 aromatic rings. The van der Waals surface area contributed by atoms with Gasteiger partial charge in [-0.25, -0.2) is 0 Å². The Hall–Kier alpha value is -2.68. The third kappa shape index (κ3) is 4.90. The maximum Gasteiger partial charge on any atom is 0.188 e. The molecule has 132 valence electrons. The maximum atomic E-state index is 5.71. The van der Waals surface area contributed by atoms with Gasteiger partial charge in [-0.15, -0.1) is 6.42 Å². The van der Waals surface area contributed by atoms with Crippen molar-refractivity contribution in [3.8, 4) is 40.7 Å². The predicted molar refractivity (Wildman–Crippen MR) is 96.0 cm³/mol. The first-order valence-corrected chi connectivity index (χ1v) is 7.84. The van der Waals surface area contributed by atoms with Crippen LogP contribution in [0.3, 0.4) is 0 Å². The highest BCUT2D eigenvalue weighted by Gasteiger charge is 2.14. The van der Waals surface area contributed by atoms with Gasteiger partial charge in [-0.05, 0) is 37.3 Å². The summed E-state index contributed by atoms with van der Waals surface area (Å²) in [5.74, 6) is 4.57. The second-order valence-electron chi connectivity index (χ2n) is 5.05. The third-order valence-corrected chi connectivity index (χ3v) is 3.37. The molecular weight excluding hydrogens is 320 g/mol. The minimum atomic E-state index is 0.117. The molecule has 0 radical (unpaired) electrons. The van der Waals surface area contributed by atoms with Crippen LogP contribution in [0.2, 0.25) is 0 Å². The van der Waals surface area contributed by atoms with Crippen LogP contribution in [-0.2, 0) is 9.47 Å². The van der Waals surface area contributed by atoms with E-state index in [4.69, 9.17) is 30.1 Å². The Bertz CT molecular complexity index is 733. The first-order chi connectivity index (χ1) is 12.2. The van der Waals surface area contributed by atoms with E-state index in [0.717, 1.165) is 22.4 Å². The normalized spacial score (nSPS) is 10.2. The summed E-state index contributed by atoms with van der Waals surface area (Å²) in [6, 6.07) is 11.2. The van der Waals surface area contributed by atoms with Crippen LogP contribution in [-0.4, -0.2) is 34.4 Å². The quantitative estimate of drug-likeness (QED) is 0.514. The standard InChI is InChI=1S/C20H22O5/c1-5-15-7-9-17(19(11-15)24-13-21-3)18-10-8-16(23-6-2)12-20(18)25-14-22-4/h1,7-12H,6,13-14H2,2-4H3. The Morgan fingerprint density at radius 2 is 1.44 bits per heavy atom. The van der Waals surface area contributed by atoms with Gasteiger partial charge in [-0.1, -0.05) is 5.92 Å². The van der Waals surface area contributed by atoms with Crippen molar-refractivity contribution in [3.63, 3.8) is 0 Å². The van der Waals surface area contributed by atoms with Gasteiger partial charge in [0.25, 0.3) is 0 Å². The zero-order valence-electron chi connectivity index (χ0n) is 14.7. The number of hydrogen-bond acceptors (Lipinski definition) is 5. The van der Waals surface area contributed by atoms with Crippen LogP contribution in [0.4, 0.5) is 0 Å². The second kappa shape index (κ2) is 9.58. The van der Waals surface area contributed by atoms with Crippen molar-refractivity contribution in [1.82, 2.24) is 0 Å². The molecule has 0 atom stereocenters. The van der Waals surface area contributed by atoms with Gasteiger partial charge in [-0.3, -0.25) is 0 Å². The Kier molecular flexibility index (Phi) is 7.15. The number of rotatable bonds is 9. The molecule has 0 aliphatic rings. The minimum absolute atomic E-state index is 0.117. The van der Waals surface area contributed by atoms with Crippen molar-refractivity contribution >= 4 is 0 Å². The van der Waals surface area contributed by atoms with E-state index in [1.807, 2.05) is 37.3 Å². The fourth-order valence-electron chi connectivity index (χ4n) is 2.30. The molecular formula is C20H22O5. The molecule has 0 amide bonds. The van der Waals surface area contributed by atoms with Crippen molar-refractivity contribution in [2.24, 2.45) is 0 Å². The molecule has 0 saturated carbocycles. The van der Waals surface area contributed by atoms with Crippen molar-refractivity contribution < 1.29 is 23.7 Å². The van der Waals surface area contributed by atoms with E-state index in [0.29, 0.717) is 18.1 Å². The van der Waals surface area contributed by atoms with Crippen LogP contribution >= 0.6 is 0 Å². The summed E-state index contributed by atoms with van der Waals surface area (Å²) in [6.07, 6.45) is 5.49. The first-order valence-electron chi connectivity index (χ1n) is 7.84. The molecule has 25 heavy (non-hydrogen) atoms. The summed E-state index contributed by atoms with van der Waals surface area (Å²) in [5.41, 5.74) is 2.40. The molecule has 5 heteroatoms. The Balaban J connectivity index is 2.49. The average Bonchev–Trinajstić information content (AvgIpc) is 2.65. The molecule has 0 aliphatic carbocycles. The summed E-state index contributed by atoms with van der Waals surface area (Å²) in [6.45, 7) is 2.74. The van der Waals surface area contributed by atoms with Gasteiger partial charge in [-0.2, -0.15) is 0 Å². The molecule has 0 aliphatic heterocycles. The van der Waals surface area contributed by atoms with E-state index >= 15 is 0 Å². The molecule has 0 spiro atoms. The molecule has 0 fully saturated rings. The zero-order valence-corrected chi connectivity index (χ0v) is 14.7. The monoisotopic (exact) mass is 342 g/mol. The molecule has 2 aromatic carbocycles. The largest absolute Gasteiger partial charge is 0.494 e. The number of hydrogen-bond donors (Lipinski definition) is 0. The molecule has 0 unspecified atom stereocenters. The summed E-state index contributed by atoms with van der Waals surface area (Å²) < 4.78 is 27.0. The maximum absolute atomic E-state index is 5.71. The molecule has 0 aromatic heterocycles. The van der Waals surface area contributed by atoms with E-state index in [2.05, 4.69) is 5.92 Å². The van der Waals surface area contributed by atoms with Gasteiger partial charge in [0.1, 0.15) is 17.2 Å². The van der Waals surface area contributed by atoms with Gasteiger partial charge in [0.05, 0.1) is 6.61 Å². The summed E-state index contributed by atoms with van der Waals surface area (Å²) in [5, 5.41) is 0. The van der Waals surface area contributed by atoms with Crippen LogP contribution in [0.5, 0.6) is 17.2 Å². The summed E-state index contributed by atoms with van der Waals surface area (Å²) >= 11 is 0. The molecule has 5 nitrogen and oxygen atoms in total. The fourth-order valence-corrected chi connectivity index (χ4v) is 2.30. The van der Waals surface area contributed by atoms with Crippen LogP contribution in [0.1, 0.15) is 12.5 Å². The first kappa shape index (κ1) is 18.7. The van der Waals surface area contributed by atoms with Gasteiger partial charge in [0.2, 0.25) is 0 Å². The van der Waals surface area contributed by atoms with E-state index in [9.17, 15) is 0 Å². The van der Waals surface area contributed by atoms with Crippen LogP contribution in [0.25, 0.3) is 11.1 Å². The van der Waals surface area contributed by atoms with Crippen LogP contribution in [0.15, 0.2) is 36.4 Å². The Morgan fingerprint density at radius 1 is 0.840 bits per heavy atom. The van der Waals surface area contributed by atoms with Crippen LogP contribution < -0.4 is 14.2 Å². The van der Waals surface area contributed by atoms with E-state index < -0.39 is 0 Å². The van der Waals surface area contributed by atoms with E-state index in [1.165, 1.54) is 0 Å². The van der Waals surface area contributed by atoms with Crippen molar-refractivity contribution in [2.45, 2.75) is 6.92 Å². The lowest BCUT2D eigenvalue weighted by Gasteiger charge is -2.16. The zero-order chi connectivity index (χ0) is 18.1. The lowest BCUT2D eigenvalue weighted by Crippen LogP contribution is -2.03. The van der Waals surface area contributed by atoms with Gasteiger partial charge in [0.15, 0.2) is 13.6 Å². The SMILES string of the molecule is C#Cc1ccc(-c2ccc(OCC)cc2OCOC)c(OCOC)c1. The second-order valence-corrected chi connectivity index (χ2v) is 5.05. The Labute approximate surface area is 148 Å². The topological polar surface area (TPSA) is 46.2 Å². The van der Waals surface area contributed by atoms with Crippen molar-refractivity contribution in [1.29, 1.82) is 0 Å². The molecule has 0 bridgehead atoms. The van der Waals surface area contributed by atoms with Gasteiger partial charge in [0, 0.05) is 37.0 Å². The lowest BCUT2D eigenvalue weighted by molar-refractivity contribution is 0.0499. The highest BCUT2D eigenvalue weighted by Crippen LogP contribution is 2.39. The number of terminal acetylenes is 1.